The number of ether oxygens (including phenoxy) is 2. The fourth-order valence-electron chi connectivity index (χ4n) is 1.98. The van der Waals surface area contributed by atoms with Gasteiger partial charge in [-0.05, 0) is 24.0 Å². The van der Waals surface area contributed by atoms with Gasteiger partial charge < -0.3 is 15.2 Å². The molecule has 0 spiro atoms. The monoisotopic (exact) mass is 271 g/mol. The second kappa shape index (κ2) is 5.81. The van der Waals surface area contributed by atoms with E-state index in [2.05, 4.69) is 20.8 Å². The van der Waals surface area contributed by atoms with Gasteiger partial charge in [0.05, 0.1) is 14.2 Å². The lowest BCUT2D eigenvalue weighted by molar-refractivity contribution is 0.333. The van der Waals surface area contributed by atoms with Gasteiger partial charge in [0.2, 0.25) is 0 Å². The SMILES string of the molecule is COc1ccc(C(N)CC(C)(C)C)c(OC)c1Cl. The van der Waals surface area contributed by atoms with E-state index < -0.39 is 0 Å². The molecule has 0 heterocycles. The maximum atomic E-state index is 6.24. The van der Waals surface area contributed by atoms with Crippen molar-refractivity contribution in [3.05, 3.63) is 22.7 Å². The van der Waals surface area contributed by atoms with Gasteiger partial charge in [-0.15, -0.1) is 0 Å². The zero-order valence-electron chi connectivity index (χ0n) is 11.7. The Balaban J connectivity index is 3.13. The molecule has 1 unspecified atom stereocenters. The third-order valence-electron chi connectivity index (χ3n) is 2.75. The highest BCUT2D eigenvalue weighted by Gasteiger charge is 2.22. The first-order chi connectivity index (χ1) is 8.30. The summed E-state index contributed by atoms with van der Waals surface area (Å²) in [5, 5.41) is 0.474. The van der Waals surface area contributed by atoms with Gasteiger partial charge in [0.1, 0.15) is 16.5 Å². The average Bonchev–Trinajstić information content (AvgIpc) is 2.26. The molecule has 1 atom stereocenters. The normalized spacial score (nSPS) is 13.3. The molecule has 2 N–H and O–H groups in total. The van der Waals surface area contributed by atoms with E-state index in [0.29, 0.717) is 16.5 Å². The van der Waals surface area contributed by atoms with Gasteiger partial charge in [0.15, 0.2) is 0 Å². The summed E-state index contributed by atoms with van der Waals surface area (Å²) in [6, 6.07) is 3.63. The molecule has 1 aromatic rings. The molecule has 0 aliphatic carbocycles. The highest BCUT2D eigenvalue weighted by molar-refractivity contribution is 6.33. The van der Waals surface area contributed by atoms with Crippen LogP contribution in [-0.2, 0) is 0 Å². The molecule has 0 saturated heterocycles. The summed E-state index contributed by atoms with van der Waals surface area (Å²) < 4.78 is 10.5. The molecule has 0 aliphatic heterocycles. The van der Waals surface area contributed by atoms with Crippen molar-refractivity contribution in [1.29, 1.82) is 0 Å². The van der Waals surface area contributed by atoms with E-state index in [1.54, 1.807) is 14.2 Å². The van der Waals surface area contributed by atoms with E-state index >= 15 is 0 Å². The van der Waals surface area contributed by atoms with Gasteiger partial charge in [0.25, 0.3) is 0 Å². The van der Waals surface area contributed by atoms with Crippen molar-refractivity contribution >= 4 is 11.6 Å². The van der Waals surface area contributed by atoms with Crippen molar-refractivity contribution in [3.63, 3.8) is 0 Å². The molecule has 1 rings (SSSR count). The van der Waals surface area contributed by atoms with Gasteiger partial charge in [-0.1, -0.05) is 32.4 Å². The number of halogens is 1. The highest BCUT2D eigenvalue weighted by atomic mass is 35.5. The summed E-state index contributed by atoms with van der Waals surface area (Å²) in [7, 11) is 3.17. The number of hydrogen-bond acceptors (Lipinski definition) is 3. The Labute approximate surface area is 114 Å². The van der Waals surface area contributed by atoms with Crippen LogP contribution in [0, 0.1) is 5.41 Å². The van der Waals surface area contributed by atoms with E-state index in [1.807, 2.05) is 12.1 Å². The Bertz CT molecular complexity index is 413. The molecule has 0 bridgehead atoms. The summed E-state index contributed by atoms with van der Waals surface area (Å²) in [6.45, 7) is 6.47. The Hall–Kier alpha value is -0.930. The van der Waals surface area contributed by atoms with Crippen LogP contribution < -0.4 is 15.2 Å². The van der Waals surface area contributed by atoms with E-state index in [-0.39, 0.29) is 11.5 Å². The van der Waals surface area contributed by atoms with Crippen LogP contribution in [0.5, 0.6) is 11.5 Å². The largest absolute Gasteiger partial charge is 0.495 e. The fourth-order valence-corrected chi connectivity index (χ4v) is 2.31. The van der Waals surface area contributed by atoms with Gasteiger partial charge in [-0.3, -0.25) is 0 Å². The van der Waals surface area contributed by atoms with Crippen LogP contribution in [0.3, 0.4) is 0 Å². The molecule has 0 amide bonds. The molecule has 1 aromatic carbocycles. The molecule has 102 valence electrons. The van der Waals surface area contributed by atoms with E-state index in [4.69, 9.17) is 26.8 Å². The van der Waals surface area contributed by atoms with E-state index in [9.17, 15) is 0 Å². The second-order valence-corrected chi connectivity index (χ2v) is 5.95. The molecule has 0 radical (unpaired) electrons. The molecule has 18 heavy (non-hydrogen) atoms. The lowest BCUT2D eigenvalue weighted by Gasteiger charge is -2.25. The standard InChI is InChI=1S/C14H22ClNO2/c1-14(2,3)8-10(16)9-6-7-11(17-4)12(15)13(9)18-5/h6-7,10H,8,16H2,1-5H3. The van der Waals surface area contributed by atoms with Crippen molar-refractivity contribution in [2.45, 2.75) is 33.2 Å². The van der Waals surface area contributed by atoms with Gasteiger partial charge in [-0.2, -0.15) is 0 Å². The minimum absolute atomic E-state index is 0.108. The average molecular weight is 272 g/mol. The molecule has 0 aliphatic rings. The van der Waals surface area contributed by atoms with Crippen molar-refractivity contribution in [2.24, 2.45) is 11.1 Å². The lowest BCUT2D eigenvalue weighted by Crippen LogP contribution is -2.19. The smallest absolute Gasteiger partial charge is 0.146 e. The summed E-state index contributed by atoms with van der Waals surface area (Å²) in [5.74, 6) is 1.20. The van der Waals surface area contributed by atoms with Crippen LogP contribution in [0.1, 0.15) is 38.8 Å². The maximum absolute atomic E-state index is 6.24. The van der Waals surface area contributed by atoms with E-state index in [0.717, 1.165) is 12.0 Å². The summed E-state index contributed by atoms with van der Waals surface area (Å²) in [6.07, 6.45) is 0.853. The lowest BCUT2D eigenvalue weighted by atomic mass is 9.85. The number of methoxy groups -OCH3 is 2. The van der Waals surface area contributed by atoms with Gasteiger partial charge in [0, 0.05) is 11.6 Å². The van der Waals surface area contributed by atoms with Crippen LogP contribution in [0.15, 0.2) is 12.1 Å². The third kappa shape index (κ3) is 3.53. The Morgan fingerprint density at radius 1 is 1.22 bits per heavy atom. The molecular weight excluding hydrogens is 250 g/mol. The predicted octanol–water partition coefficient (Wildman–Crippen LogP) is 3.79. The van der Waals surface area contributed by atoms with Crippen LogP contribution >= 0.6 is 11.6 Å². The van der Waals surface area contributed by atoms with Crippen molar-refractivity contribution in [3.8, 4) is 11.5 Å². The summed E-state index contributed by atoms with van der Waals surface area (Å²) in [5.41, 5.74) is 7.30. The fraction of sp³-hybridized carbons (Fsp3) is 0.571. The van der Waals surface area contributed by atoms with E-state index in [1.165, 1.54) is 0 Å². The van der Waals surface area contributed by atoms with Crippen LogP contribution in [-0.4, -0.2) is 14.2 Å². The summed E-state index contributed by atoms with van der Waals surface area (Å²) in [4.78, 5) is 0. The Morgan fingerprint density at radius 3 is 2.28 bits per heavy atom. The van der Waals surface area contributed by atoms with Crippen LogP contribution in [0.2, 0.25) is 5.02 Å². The molecule has 3 nitrogen and oxygen atoms in total. The minimum Gasteiger partial charge on any atom is -0.495 e. The number of hydrogen-bond donors (Lipinski definition) is 1. The molecule has 0 fully saturated rings. The highest BCUT2D eigenvalue weighted by Crippen LogP contribution is 2.41. The molecule has 0 aromatic heterocycles. The van der Waals surface area contributed by atoms with Crippen molar-refractivity contribution in [1.82, 2.24) is 0 Å². The first-order valence-electron chi connectivity index (χ1n) is 5.96. The Morgan fingerprint density at radius 2 is 1.83 bits per heavy atom. The van der Waals surface area contributed by atoms with Crippen LogP contribution in [0.25, 0.3) is 0 Å². The number of rotatable bonds is 4. The predicted molar refractivity (Wildman–Crippen MR) is 75.6 cm³/mol. The van der Waals surface area contributed by atoms with Gasteiger partial charge in [-0.25, -0.2) is 0 Å². The van der Waals surface area contributed by atoms with Crippen LogP contribution in [0.4, 0.5) is 0 Å². The quantitative estimate of drug-likeness (QED) is 0.906. The molecule has 0 saturated carbocycles. The minimum atomic E-state index is -0.108. The van der Waals surface area contributed by atoms with Gasteiger partial charge >= 0.3 is 0 Å². The third-order valence-corrected chi connectivity index (χ3v) is 3.11. The maximum Gasteiger partial charge on any atom is 0.146 e. The molecule has 4 heteroatoms. The first-order valence-corrected chi connectivity index (χ1v) is 6.34. The van der Waals surface area contributed by atoms with Crippen molar-refractivity contribution in [2.75, 3.05) is 14.2 Å². The van der Waals surface area contributed by atoms with Crippen molar-refractivity contribution < 1.29 is 9.47 Å². The number of nitrogens with two attached hydrogens (primary N) is 1. The second-order valence-electron chi connectivity index (χ2n) is 5.58. The number of benzene rings is 1. The Kier molecular flexibility index (Phi) is 4.88. The molecular formula is C14H22ClNO2. The first kappa shape index (κ1) is 15.1. The zero-order valence-corrected chi connectivity index (χ0v) is 12.5. The zero-order chi connectivity index (χ0) is 13.9. The topological polar surface area (TPSA) is 44.5 Å². The summed E-state index contributed by atoms with van der Waals surface area (Å²) >= 11 is 6.22.